The van der Waals surface area contributed by atoms with Crippen LogP contribution in [0.2, 0.25) is 5.02 Å². The molecule has 3 atom stereocenters. The summed E-state index contributed by atoms with van der Waals surface area (Å²) >= 11 is 6.04. The maximum Gasteiger partial charge on any atom is 0.306 e. The van der Waals surface area contributed by atoms with Gasteiger partial charge in [-0.1, -0.05) is 37.6 Å². The molecule has 1 aromatic carbocycles. The van der Waals surface area contributed by atoms with Crippen LogP contribution in [0.4, 0.5) is 0 Å². The van der Waals surface area contributed by atoms with Crippen molar-refractivity contribution >= 4 is 11.6 Å². The van der Waals surface area contributed by atoms with Gasteiger partial charge in [-0.05, 0) is 41.9 Å². The van der Waals surface area contributed by atoms with Crippen molar-refractivity contribution in [2.24, 2.45) is 5.41 Å². The Labute approximate surface area is 146 Å². The smallest absolute Gasteiger partial charge is 0.306 e. The fourth-order valence-electron chi connectivity index (χ4n) is 4.68. The van der Waals surface area contributed by atoms with E-state index in [1.54, 1.807) is 12.7 Å². The molecule has 0 spiro atoms. The van der Waals surface area contributed by atoms with Crippen molar-refractivity contribution in [3.05, 3.63) is 47.5 Å². The van der Waals surface area contributed by atoms with E-state index >= 15 is 0 Å². The predicted octanol–water partition coefficient (Wildman–Crippen LogP) is 2.10. The molecule has 2 heterocycles. The van der Waals surface area contributed by atoms with Gasteiger partial charge in [0.25, 0.3) is 0 Å². The topological polar surface area (TPSA) is 62.2 Å². The summed E-state index contributed by atoms with van der Waals surface area (Å²) in [5.41, 5.74) is -1.97. The van der Waals surface area contributed by atoms with Gasteiger partial charge in [0, 0.05) is 10.4 Å². The first-order valence-corrected chi connectivity index (χ1v) is 8.78. The summed E-state index contributed by atoms with van der Waals surface area (Å²) in [5, 5.41) is 24.1. The van der Waals surface area contributed by atoms with Gasteiger partial charge in [-0.2, -0.15) is 9.36 Å². The van der Waals surface area contributed by atoms with Crippen molar-refractivity contribution in [1.82, 2.24) is 9.67 Å². The standard InChI is InChI=1S/C18H23ClN3O2/c1-16(2)8-3-9-17(23)15(13-4-6-14(19)7-5-13)22-12-20-11-21(22)10-18(16,17)24/h4-7,11-12,15,23-24H,3,8-10H2,1-2H3/q+1. The lowest BCUT2D eigenvalue weighted by atomic mass is 9.54. The Bertz CT molecular complexity index is 773. The average Bonchev–Trinajstić information content (AvgIpc) is 2.95. The van der Waals surface area contributed by atoms with Crippen molar-refractivity contribution in [3.8, 4) is 0 Å². The number of rotatable bonds is 1. The van der Waals surface area contributed by atoms with E-state index < -0.39 is 22.7 Å². The number of benzene rings is 1. The van der Waals surface area contributed by atoms with E-state index in [1.807, 2.05) is 47.5 Å². The molecular formula is C18H23ClN3O2+. The second-order valence-corrected chi connectivity index (χ2v) is 8.27. The molecule has 6 heteroatoms. The lowest BCUT2D eigenvalue weighted by Crippen LogP contribution is -2.78. The fourth-order valence-corrected chi connectivity index (χ4v) is 4.80. The zero-order valence-corrected chi connectivity index (χ0v) is 14.7. The number of nitrogens with zero attached hydrogens (tertiary/aromatic N) is 3. The van der Waals surface area contributed by atoms with Crippen LogP contribution in [-0.2, 0) is 6.54 Å². The van der Waals surface area contributed by atoms with E-state index in [1.165, 1.54) is 0 Å². The predicted molar refractivity (Wildman–Crippen MR) is 89.5 cm³/mol. The van der Waals surface area contributed by atoms with Crippen LogP contribution >= 0.6 is 11.6 Å². The zero-order chi connectivity index (χ0) is 17.2. The Morgan fingerprint density at radius 2 is 1.92 bits per heavy atom. The van der Waals surface area contributed by atoms with Crippen LogP contribution in [0.1, 0.15) is 44.7 Å². The van der Waals surface area contributed by atoms with Gasteiger partial charge in [0.1, 0.15) is 23.8 Å². The monoisotopic (exact) mass is 348 g/mol. The van der Waals surface area contributed by atoms with Gasteiger partial charge >= 0.3 is 6.33 Å². The van der Waals surface area contributed by atoms with Crippen LogP contribution in [0.15, 0.2) is 36.9 Å². The zero-order valence-electron chi connectivity index (χ0n) is 14.0. The Morgan fingerprint density at radius 1 is 1.21 bits per heavy atom. The van der Waals surface area contributed by atoms with Gasteiger partial charge in [-0.15, -0.1) is 0 Å². The third-order valence-electron chi connectivity index (χ3n) is 6.17. The molecule has 1 aliphatic carbocycles. The lowest BCUT2D eigenvalue weighted by molar-refractivity contribution is -0.807. The van der Waals surface area contributed by atoms with Crippen LogP contribution in [0.3, 0.4) is 0 Å². The minimum atomic E-state index is -1.26. The number of aromatic nitrogens is 3. The van der Waals surface area contributed by atoms with Gasteiger partial charge in [0.2, 0.25) is 6.33 Å². The number of aliphatic hydroxyl groups is 2. The minimum Gasteiger partial charge on any atom is -0.384 e. The van der Waals surface area contributed by atoms with Gasteiger partial charge < -0.3 is 10.2 Å². The van der Waals surface area contributed by atoms with Crippen LogP contribution in [0.5, 0.6) is 0 Å². The Hall–Kier alpha value is -1.43. The molecule has 24 heavy (non-hydrogen) atoms. The van der Waals surface area contributed by atoms with E-state index in [0.717, 1.165) is 18.4 Å². The number of halogens is 1. The van der Waals surface area contributed by atoms with Crippen molar-refractivity contribution in [1.29, 1.82) is 0 Å². The van der Waals surface area contributed by atoms with Crippen LogP contribution < -0.4 is 4.68 Å². The van der Waals surface area contributed by atoms with Crippen LogP contribution in [0.25, 0.3) is 0 Å². The van der Waals surface area contributed by atoms with Crippen molar-refractivity contribution in [2.45, 2.75) is 56.9 Å². The van der Waals surface area contributed by atoms with Crippen molar-refractivity contribution in [3.63, 3.8) is 0 Å². The molecule has 1 aliphatic heterocycles. The van der Waals surface area contributed by atoms with Crippen molar-refractivity contribution < 1.29 is 14.9 Å². The van der Waals surface area contributed by atoms with Gasteiger partial charge in [0.15, 0.2) is 0 Å². The molecule has 1 fully saturated rings. The molecule has 0 bridgehead atoms. The average molecular weight is 349 g/mol. The molecule has 0 saturated heterocycles. The molecule has 2 aromatic rings. The van der Waals surface area contributed by atoms with E-state index in [4.69, 9.17) is 11.6 Å². The van der Waals surface area contributed by atoms with Gasteiger partial charge in [-0.25, -0.2) is 0 Å². The first kappa shape index (κ1) is 16.1. The summed E-state index contributed by atoms with van der Waals surface area (Å²) in [6.45, 7) is 4.42. The largest absolute Gasteiger partial charge is 0.384 e. The highest BCUT2D eigenvalue weighted by Crippen LogP contribution is 2.56. The van der Waals surface area contributed by atoms with Crippen LogP contribution in [0, 0.1) is 5.41 Å². The summed E-state index contributed by atoms with van der Waals surface area (Å²) in [5.74, 6) is 0. The number of hydrogen-bond donors (Lipinski definition) is 2. The maximum absolute atomic E-state index is 11.8. The number of hydrogen-bond acceptors (Lipinski definition) is 3. The molecule has 1 aromatic heterocycles. The fraction of sp³-hybridized carbons (Fsp3) is 0.556. The van der Waals surface area contributed by atoms with E-state index in [-0.39, 0.29) is 0 Å². The molecule has 2 N–H and O–H groups in total. The Balaban J connectivity index is 1.95. The van der Waals surface area contributed by atoms with Gasteiger partial charge in [0.05, 0.1) is 0 Å². The molecule has 0 amide bonds. The highest BCUT2D eigenvalue weighted by molar-refractivity contribution is 6.30. The molecule has 4 rings (SSSR count). The van der Waals surface area contributed by atoms with E-state index in [9.17, 15) is 10.2 Å². The third-order valence-corrected chi connectivity index (χ3v) is 6.42. The quantitative estimate of drug-likeness (QED) is 0.776. The normalized spacial score (nSPS) is 34.5. The molecule has 3 unspecified atom stereocenters. The second-order valence-electron chi connectivity index (χ2n) is 7.83. The van der Waals surface area contributed by atoms with Crippen molar-refractivity contribution in [2.75, 3.05) is 0 Å². The molecular weight excluding hydrogens is 326 g/mol. The van der Waals surface area contributed by atoms with Gasteiger partial charge in [-0.3, -0.25) is 0 Å². The SMILES string of the molecule is CC1(C)CCCC2(O)C(c3ccc(Cl)cc3)n3cnc[n+]3CC12O. The number of fused-ring (bicyclic) bond motifs is 2. The highest BCUT2D eigenvalue weighted by atomic mass is 35.5. The summed E-state index contributed by atoms with van der Waals surface area (Å²) in [4.78, 5) is 4.24. The minimum absolute atomic E-state index is 0.334. The second kappa shape index (κ2) is 5.04. The molecule has 5 nitrogen and oxygen atoms in total. The first-order valence-electron chi connectivity index (χ1n) is 8.40. The summed E-state index contributed by atoms with van der Waals surface area (Å²) in [7, 11) is 0. The lowest BCUT2D eigenvalue weighted by Gasteiger charge is -2.59. The summed E-state index contributed by atoms with van der Waals surface area (Å²) < 4.78 is 3.83. The Kier molecular flexibility index (Phi) is 3.37. The molecule has 128 valence electrons. The highest BCUT2D eigenvalue weighted by Gasteiger charge is 2.68. The Morgan fingerprint density at radius 3 is 2.62 bits per heavy atom. The molecule has 1 saturated carbocycles. The third kappa shape index (κ3) is 1.95. The van der Waals surface area contributed by atoms with E-state index in [0.29, 0.717) is 18.0 Å². The van der Waals surface area contributed by atoms with E-state index in [2.05, 4.69) is 4.98 Å². The van der Waals surface area contributed by atoms with Crippen LogP contribution in [-0.4, -0.2) is 31.1 Å². The summed E-state index contributed by atoms with van der Waals surface area (Å²) in [6.07, 6.45) is 5.75. The first-order chi connectivity index (χ1) is 11.3. The maximum atomic E-state index is 11.8. The molecule has 0 radical (unpaired) electrons. The summed E-state index contributed by atoms with van der Waals surface area (Å²) in [6, 6.07) is 7.08. The molecule has 2 aliphatic rings.